The van der Waals surface area contributed by atoms with E-state index in [0.29, 0.717) is 10.8 Å². The number of ether oxygens (including phenoxy) is 1. The van der Waals surface area contributed by atoms with Crippen LogP contribution in [0.2, 0.25) is 0 Å². The number of nitrogens with zero attached hydrogens (tertiary/aromatic N) is 2. The Bertz CT molecular complexity index is 921. The molecule has 0 N–H and O–H groups in total. The van der Waals surface area contributed by atoms with Crippen LogP contribution in [0.1, 0.15) is 36.2 Å². The summed E-state index contributed by atoms with van der Waals surface area (Å²) in [7, 11) is 0. The number of thiazole rings is 1. The third-order valence-electron chi connectivity index (χ3n) is 4.60. The normalized spacial score (nSPS) is 14.9. The minimum atomic E-state index is -0.634. The Morgan fingerprint density at radius 3 is 2.63 bits per heavy atom. The molecular formula is C20H20N2O4S. The van der Waals surface area contributed by atoms with Gasteiger partial charge in [0.05, 0.1) is 10.2 Å². The van der Waals surface area contributed by atoms with Crippen molar-refractivity contribution in [1.29, 1.82) is 0 Å². The summed E-state index contributed by atoms with van der Waals surface area (Å²) in [5, 5.41) is 0.705. The van der Waals surface area contributed by atoms with Gasteiger partial charge in [-0.3, -0.25) is 4.79 Å². The van der Waals surface area contributed by atoms with Crippen LogP contribution in [0.4, 0.5) is 0 Å². The van der Waals surface area contributed by atoms with Gasteiger partial charge in [-0.05, 0) is 37.1 Å². The molecule has 1 aliphatic heterocycles. The third kappa shape index (κ3) is 4.03. The number of aromatic nitrogens is 1. The molecule has 1 aliphatic rings. The minimum absolute atomic E-state index is 0.0768. The summed E-state index contributed by atoms with van der Waals surface area (Å²) in [5.41, 5.74) is 0.890. The van der Waals surface area contributed by atoms with Gasteiger partial charge in [0.2, 0.25) is 5.76 Å². The molecule has 0 spiro atoms. The molecule has 0 saturated carbocycles. The molecule has 0 bridgehead atoms. The lowest BCUT2D eigenvalue weighted by molar-refractivity contribution is -0.134. The first kappa shape index (κ1) is 17.7. The number of carbonyl (C=O) groups is 2. The van der Waals surface area contributed by atoms with Crippen LogP contribution in [0.5, 0.6) is 0 Å². The van der Waals surface area contributed by atoms with Gasteiger partial charge in [-0.25, -0.2) is 9.78 Å². The highest BCUT2D eigenvalue weighted by Gasteiger charge is 2.20. The van der Waals surface area contributed by atoms with Crippen molar-refractivity contribution in [1.82, 2.24) is 9.88 Å². The zero-order valence-electron chi connectivity index (χ0n) is 14.8. The second kappa shape index (κ2) is 7.92. The molecule has 27 heavy (non-hydrogen) atoms. The van der Waals surface area contributed by atoms with Gasteiger partial charge < -0.3 is 14.1 Å². The number of rotatable bonds is 4. The quantitative estimate of drug-likeness (QED) is 0.633. The van der Waals surface area contributed by atoms with E-state index in [1.165, 1.54) is 11.3 Å². The Morgan fingerprint density at radius 2 is 1.85 bits per heavy atom. The average Bonchev–Trinajstić information content (AvgIpc) is 3.25. The van der Waals surface area contributed by atoms with E-state index in [1.807, 2.05) is 24.3 Å². The molecule has 0 radical (unpaired) electrons. The lowest BCUT2D eigenvalue weighted by atomic mass is 10.2. The van der Waals surface area contributed by atoms with E-state index in [-0.39, 0.29) is 18.3 Å². The van der Waals surface area contributed by atoms with E-state index in [9.17, 15) is 9.59 Å². The maximum atomic E-state index is 12.2. The average molecular weight is 384 g/mol. The van der Waals surface area contributed by atoms with Crippen molar-refractivity contribution in [2.75, 3.05) is 19.7 Å². The Morgan fingerprint density at radius 1 is 1.07 bits per heavy atom. The predicted molar refractivity (Wildman–Crippen MR) is 103 cm³/mol. The fraction of sp³-hybridized carbons (Fsp3) is 0.350. The van der Waals surface area contributed by atoms with Crippen molar-refractivity contribution < 1.29 is 18.7 Å². The number of likely N-dealkylation sites (tertiary alicyclic amines) is 1. The van der Waals surface area contributed by atoms with Crippen molar-refractivity contribution in [2.24, 2.45) is 0 Å². The summed E-state index contributed by atoms with van der Waals surface area (Å²) >= 11 is 1.50. The zero-order valence-corrected chi connectivity index (χ0v) is 15.7. The highest BCUT2D eigenvalue weighted by atomic mass is 32.1. The minimum Gasteiger partial charge on any atom is -0.450 e. The summed E-state index contributed by atoms with van der Waals surface area (Å²) in [6, 6.07) is 11.1. The zero-order chi connectivity index (χ0) is 18.6. The van der Waals surface area contributed by atoms with Gasteiger partial charge in [0, 0.05) is 13.1 Å². The van der Waals surface area contributed by atoms with Gasteiger partial charge in [-0.2, -0.15) is 0 Å². The maximum Gasteiger partial charge on any atom is 0.374 e. The van der Waals surface area contributed by atoms with Crippen molar-refractivity contribution >= 4 is 33.4 Å². The van der Waals surface area contributed by atoms with Crippen LogP contribution in [0.15, 0.2) is 40.8 Å². The molecular weight excluding hydrogens is 364 g/mol. The van der Waals surface area contributed by atoms with Gasteiger partial charge in [0.1, 0.15) is 0 Å². The molecule has 1 amide bonds. The lowest BCUT2D eigenvalue weighted by Crippen LogP contribution is -2.35. The van der Waals surface area contributed by atoms with Crippen LogP contribution < -0.4 is 0 Å². The summed E-state index contributed by atoms with van der Waals surface area (Å²) in [4.78, 5) is 30.7. The molecule has 1 saturated heterocycles. The molecule has 0 aliphatic carbocycles. The number of hydrogen-bond acceptors (Lipinski definition) is 6. The fourth-order valence-electron chi connectivity index (χ4n) is 3.15. The van der Waals surface area contributed by atoms with Crippen molar-refractivity contribution in [2.45, 2.75) is 25.7 Å². The standard InChI is InChI=1S/C20H20N2O4S/c23-18(22-11-5-1-2-6-12-22)13-25-20(24)16-10-9-15(26-16)19-21-14-7-3-4-8-17(14)27-19/h3-4,7-10H,1-2,5-6,11-13H2. The number of furan rings is 1. The van der Waals surface area contributed by atoms with E-state index < -0.39 is 5.97 Å². The molecule has 2 aromatic heterocycles. The second-order valence-corrected chi connectivity index (χ2v) is 7.55. The van der Waals surface area contributed by atoms with Crippen LogP contribution in [-0.4, -0.2) is 41.5 Å². The molecule has 6 nitrogen and oxygen atoms in total. The number of para-hydroxylation sites is 1. The van der Waals surface area contributed by atoms with E-state index in [0.717, 1.165) is 49.0 Å². The number of hydrogen-bond donors (Lipinski definition) is 0. The maximum absolute atomic E-state index is 12.2. The van der Waals surface area contributed by atoms with Crippen molar-refractivity contribution in [3.63, 3.8) is 0 Å². The molecule has 3 aromatic rings. The molecule has 1 aromatic carbocycles. The lowest BCUT2D eigenvalue weighted by Gasteiger charge is -2.19. The molecule has 7 heteroatoms. The Kier molecular flexibility index (Phi) is 5.20. The second-order valence-electron chi connectivity index (χ2n) is 6.52. The number of carbonyl (C=O) groups excluding carboxylic acids is 2. The molecule has 0 unspecified atom stereocenters. The predicted octanol–water partition coefficient (Wildman–Crippen LogP) is 4.12. The molecule has 3 heterocycles. The highest BCUT2D eigenvalue weighted by molar-refractivity contribution is 7.21. The monoisotopic (exact) mass is 384 g/mol. The van der Waals surface area contributed by atoms with Gasteiger partial charge in [-0.15, -0.1) is 11.3 Å². The van der Waals surface area contributed by atoms with Crippen LogP contribution in [-0.2, 0) is 9.53 Å². The Hall–Kier alpha value is -2.67. The van der Waals surface area contributed by atoms with E-state index in [1.54, 1.807) is 17.0 Å². The van der Waals surface area contributed by atoms with Gasteiger partial charge in [0.15, 0.2) is 17.4 Å². The molecule has 1 fully saturated rings. The number of fused-ring (bicyclic) bond motifs is 1. The first-order chi connectivity index (χ1) is 13.2. The van der Waals surface area contributed by atoms with Gasteiger partial charge in [0.25, 0.3) is 5.91 Å². The molecule has 140 valence electrons. The SMILES string of the molecule is O=C(OCC(=O)N1CCCCCC1)c1ccc(-c2nc3ccccc3s2)o1. The van der Waals surface area contributed by atoms with Crippen molar-refractivity contribution in [3.05, 3.63) is 42.2 Å². The highest BCUT2D eigenvalue weighted by Crippen LogP contribution is 2.31. The topological polar surface area (TPSA) is 72.6 Å². The summed E-state index contributed by atoms with van der Waals surface area (Å²) in [6.07, 6.45) is 4.29. The Balaban J connectivity index is 1.39. The number of esters is 1. The van der Waals surface area contributed by atoms with E-state index in [4.69, 9.17) is 9.15 Å². The summed E-state index contributed by atoms with van der Waals surface area (Å²) < 4.78 is 11.8. The van der Waals surface area contributed by atoms with Gasteiger partial charge in [-0.1, -0.05) is 25.0 Å². The molecule has 0 atom stereocenters. The van der Waals surface area contributed by atoms with Crippen LogP contribution >= 0.6 is 11.3 Å². The third-order valence-corrected chi connectivity index (χ3v) is 5.65. The summed E-state index contributed by atoms with van der Waals surface area (Å²) in [6.45, 7) is 1.22. The van der Waals surface area contributed by atoms with Crippen molar-refractivity contribution in [3.8, 4) is 10.8 Å². The molecule has 4 rings (SSSR count). The first-order valence-electron chi connectivity index (χ1n) is 9.11. The van der Waals surface area contributed by atoms with E-state index >= 15 is 0 Å². The van der Waals surface area contributed by atoms with Crippen LogP contribution in [0.3, 0.4) is 0 Å². The van der Waals surface area contributed by atoms with Gasteiger partial charge >= 0.3 is 5.97 Å². The van der Waals surface area contributed by atoms with Crippen LogP contribution in [0.25, 0.3) is 21.0 Å². The number of benzene rings is 1. The Labute approximate surface area is 160 Å². The largest absolute Gasteiger partial charge is 0.450 e. The fourth-order valence-corrected chi connectivity index (χ4v) is 4.08. The smallest absolute Gasteiger partial charge is 0.374 e. The first-order valence-corrected chi connectivity index (χ1v) is 9.93. The summed E-state index contributed by atoms with van der Waals surface area (Å²) in [5.74, 6) is -0.191. The number of amides is 1. The van der Waals surface area contributed by atoms with Crippen LogP contribution in [0, 0.1) is 0 Å². The van der Waals surface area contributed by atoms with E-state index in [2.05, 4.69) is 4.98 Å².